The fourth-order valence-corrected chi connectivity index (χ4v) is 5.46. The minimum absolute atomic E-state index is 0.00960. The van der Waals surface area contributed by atoms with Crippen molar-refractivity contribution in [3.63, 3.8) is 0 Å². The monoisotopic (exact) mass is 482 g/mol. The summed E-state index contributed by atoms with van der Waals surface area (Å²) in [6, 6.07) is 20.0. The maximum Gasteiger partial charge on any atom is 0.178 e. The summed E-state index contributed by atoms with van der Waals surface area (Å²) in [6.07, 6.45) is 7.38. The van der Waals surface area contributed by atoms with E-state index in [-0.39, 0.29) is 17.1 Å². The van der Waals surface area contributed by atoms with E-state index in [2.05, 4.69) is 26.1 Å². The van der Waals surface area contributed by atoms with Crippen molar-refractivity contribution < 1.29 is 8.42 Å². The van der Waals surface area contributed by atoms with E-state index < -0.39 is 15.9 Å². The van der Waals surface area contributed by atoms with Crippen molar-refractivity contribution in [2.45, 2.75) is 23.8 Å². The van der Waals surface area contributed by atoms with E-state index in [0.29, 0.717) is 12.0 Å². The molecule has 0 amide bonds. The lowest BCUT2D eigenvalue weighted by Crippen LogP contribution is -2.13. The first-order valence-electron chi connectivity index (χ1n) is 11.1. The molecule has 8 nitrogen and oxygen atoms in total. The molecule has 0 aliphatic rings. The zero-order valence-corrected chi connectivity index (χ0v) is 19.6. The molecule has 0 aliphatic carbocycles. The van der Waals surface area contributed by atoms with Crippen LogP contribution in [-0.4, -0.2) is 38.9 Å². The van der Waals surface area contributed by atoms with E-state index in [1.165, 1.54) is 6.33 Å². The van der Waals surface area contributed by atoms with Crippen LogP contribution in [-0.2, 0) is 16.3 Å². The van der Waals surface area contributed by atoms with Gasteiger partial charge in [0.25, 0.3) is 0 Å². The van der Waals surface area contributed by atoms with Gasteiger partial charge >= 0.3 is 0 Å². The van der Waals surface area contributed by atoms with Crippen LogP contribution in [0, 0.1) is 11.3 Å². The van der Waals surface area contributed by atoms with Gasteiger partial charge in [0.05, 0.1) is 41.1 Å². The van der Waals surface area contributed by atoms with Gasteiger partial charge in [-0.05, 0) is 35.7 Å². The first-order chi connectivity index (χ1) is 17.0. The minimum atomic E-state index is -3.50. The van der Waals surface area contributed by atoms with E-state index in [1.54, 1.807) is 35.3 Å². The van der Waals surface area contributed by atoms with E-state index >= 15 is 0 Å². The van der Waals surface area contributed by atoms with Crippen molar-refractivity contribution in [1.29, 1.82) is 5.26 Å². The van der Waals surface area contributed by atoms with E-state index in [4.69, 9.17) is 0 Å². The third-order valence-corrected chi connectivity index (χ3v) is 7.65. The molecule has 1 atom stereocenters. The SMILES string of the molecule is N#CCC(c1cccc(S(=O)(=O)CCc2ccccc2)c1)n1cc(-c2ncnc3[nH]ccc23)cn1. The van der Waals surface area contributed by atoms with Crippen LogP contribution in [0.3, 0.4) is 0 Å². The van der Waals surface area contributed by atoms with Crippen LogP contribution in [0.15, 0.2) is 90.5 Å². The number of hydrogen-bond donors (Lipinski definition) is 1. The second-order valence-electron chi connectivity index (χ2n) is 8.18. The van der Waals surface area contributed by atoms with Crippen molar-refractivity contribution in [2.24, 2.45) is 0 Å². The Morgan fingerprint density at radius 1 is 1.06 bits per heavy atom. The second-order valence-corrected chi connectivity index (χ2v) is 10.3. The smallest absolute Gasteiger partial charge is 0.178 e. The highest BCUT2D eigenvalue weighted by Crippen LogP contribution is 2.29. The molecule has 0 aliphatic heterocycles. The normalized spacial score (nSPS) is 12.4. The fourth-order valence-electron chi connectivity index (χ4n) is 4.11. The summed E-state index contributed by atoms with van der Waals surface area (Å²) in [6.45, 7) is 0. The number of aryl methyl sites for hydroxylation is 1. The van der Waals surface area contributed by atoms with Crippen molar-refractivity contribution in [1.82, 2.24) is 24.7 Å². The summed E-state index contributed by atoms with van der Waals surface area (Å²) < 4.78 is 27.8. The summed E-state index contributed by atoms with van der Waals surface area (Å²) in [4.78, 5) is 11.9. The van der Waals surface area contributed by atoms with Gasteiger partial charge in [0.1, 0.15) is 12.0 Å². The van der Waals surface area contributed by atoms with Gasteiger partial charge in [0.15, 0.2) is 9.84 Å². The molecule has 5 aromatic rings. The molecular formula is C26H22N6O2S. The number of rotatable bonds is 8. The van der Waals surface area contributed by atoms with Gasteiger partial charge < -0.3 is 4.98 Å². The Balaban J connectivity index is 1.44. The predicted molar refractivity (Wildman–Crippen MR) is 132 cm³/mol. The Bertz CT molecular complexity index is 1620. The molecule has 0 saturated heterocycles. The third kappa shape index (κ3) is 4.69. The number of benzene rings is 2. The maximum atomic E-state index is 13.1. The molecule has 35 heavy (non-hydrogen) atoms. The molecule has 9 heteroatoms. The van der Waals surface area contributed by atoms with Gasteiger partial charge in [-0.15, -0.1) is 0 Å². The standard InChI is InChI=1S/C26H22N6O2S/c27-12-9-24(32-17-21(16-31-32)25-23-10-13-28-26(23)30-18-29-25)20-7-4-8-22(15-20)35(33,34)14-11-19-5-2-1-3-6-19/h1-8,10,13,15-18,24H,9,11,14H2,(H,28,29,30). The first kappa shape index (κ1) is 22.5. The van der Waals surface area contributed by atoms with Gasteiger partial charge in [0, 0.05) is 23.3 Å². The topological polar surface area (TPSA) is 117 Å². The van der Waals surface area contributed by atoms with E-state index in [1.807, 2.05) is 48.7 Å². The van der Waals surface area contributed by atoms with Crippen LogP contribution in [0.25, 0.3) is 22.3 Å². The van der Waals surface area contributed by atoms with Crippen LogP contribution < -0.4 is 0 Å². The summed E-state index contributed by atoms with van der Waals surface area (Å²) >= 11 is 0. The van der Waals surface area contributed by atoms with Gasteiger partial charge in [-0.1, -0.05) is 42.5 Å². The molecule has 0 fully saturated rings. The van der Waals surface area contributed by atoms with Gasteiger partial charge in [-0.3, -0.25) is 4.68 Å². The molecule has 0 bridgehead atoms. The summed E-state index contributed by atoms with van der Waals surface area (Å²) in [5, 5.41) is 14.9. The van der Waals surface area contributed by atoms with Crippen LogP contribution >= 0.6 is 0 Å². The predicted octanol–water partition coefficient (Wildman–Crippen LogP) is 4.34. The lowest BCUT2D eigenvalue weighted by atomic mass is 10.0. The molecule has 5 rings (SSSR count). The molecular weight excluding hydrogens is 460 g/mol. The van der Waals surface area contributed by atoms with E-state index in [9.17, 15) is 13.7 Å². The Morgan fingerprint density at radius 2 is 1.91 bits per heavy atom. The van der Waals surface area contributed by atoms with Crippen LogP contribution in [0.1, 0.15) is 23.6 Å². The summed E-state index contributed by atoms with van der Waals surface area (Å²) in [5.41, 5.74) is 3.92. The van der Waals surface area contributed by atoms with Crippen LogP contribution in [0.5, 0.6) is 0 Å². The Hall–Kier alpha value is -4.29. The number of sulfone groups is 1. The van der Waals surface area contributed by atoms with Crippen molar-refractivity contribution >= 4 is 20.9 Å². The third-order valence-electron chi connectivity index (χ3n) is 5.94. The van der Waals surface area contributed by atoms with Gasteiger partial charge in [-0.25, -0.2) is 18.4 Å². The average Bonchev–Trinajstić information content (AvgIpc) is 3.57. The van der Waals surface area contributed by atoms with Crippen LogP contribution in [0.4, 0.5) is 0 Å². The number of nitrogens with zero attached hydrogens (tertiary/aromatic N) is 5. The minimum Gasteiger partial charge on any atom is -0.346 e. The highest BCUT2D eigenvalue weighted by atomic mass is 32.2. The van der Waals surface area contributed by atoms with Crippen molar-refractivity contribution in [3.8, 4) is 17.3 Å². The number of H-pyrrole nitrogens is 1. The zero-order valence-electron chi connectivity index (χ0n) is 18.7. The van der Waals surface area contributed by atoms with Gasteiger partial charge in [0.2, 0.25) is 0 Å². The molecule has 0 spiro atoms. The second kappa shape index (κ2) is 9.52. The van der Waals surface area contributed by atoms with Crippen molar-refractivity contribution in [3.05, 3.63) is 96.7 Å². The van der Waals surface area contributed by atoms with Crippen LogP contribution in [0.2, 0.25) is 0 Å². The number of aromatic nitrogens is 5. The van der Waals surface area contributed by atoms with E-state index in [0.717, 1.165) is 27.9 Å². The lowest BCUT2D eigenvalue weighted by Gasteiger charge is -2.16. The van der Waals surface area contributed by atoms with Gasteiger partial charge in [-0.2, -0.15) is 10.4 Å². The molecule has 1 unspecified atom stereocenters. The number of aromatic amines is 1. The molecule has 3 heterocycles. The first-order valence-corrected chi connectivity index (χ1v) is 12.8. The lowest BCUT2D eigenvalue weighted by molar-refractivity contribution is 0.531. The zero-order chi connectivity index (χ0) is 24.3. The summed E-state index contributed by atoms with van der Waals surface area (Å²) in [5.74, 6) is 0.00960. The molecule has 174 valence electrons. The number of nitriles is 1. The van der Waals surface area contributed by atoms with Crippen molar-refractivity contribution in [2.75, 3.05) is 5.75 Å². The summed E-state index contributed by atoms with van der Waals surface area (Å²) in [7, 11) is -3.50. The number of hydrogen-bond acceptors (Lipinski definition) is 6. The highest BCUT2D eigenvalue weighted by molar-refractivity contribution is 7.91. The average molecular weight is 483 g/mol. The Morgan fingerprint density at radius 3 is 2.74 bits per heavy atom. The molecule has 1 N–H and O–H groups in total. The molecule has 3 aromatic heterocycles. The quantitative estimate of drug-likeness (QED) is 0.352. The maximum absolute atomic E-state index is 13.1. The molecule has 0 saturated carbocycles. The fraction of sp³-hybridized carbons (Fsp3) is 0.154. The molecule has 2 aromatic carbocycles. The molecule has 0 radical (unpaired) electrons. The highest BCUT2D eigenvalue weighted by Gasteiger charge is 2.21. The Labute approximate surface area is 202 Å². The number of nitrogens with one attached hydrogen (secondary N) is 1. The number of fused-ring (bicyclic) bond motifs is 1. The largest absolute Gasteiger partial charge is 0.346 e. The Kier molecular flexibility index (Phi) is 6.12.